The van der Waals surface area contributed by atoms with Gasteiger partial charge in [-0.15, -0.1) is 0 Å². The van der Waals surface area contributed by atoms with Gasteiger partial charge < -0.3 is 16.8 Å². The van der Waals surface area contributed by atoms with Gasteiger partial charge in [0.05, 0.1) is 16.9 Å². The predicted molar refractivity (Wildman–Crippen MR) is 72.2 cm³/mol. The van der Waals surface area contributed by atoms with Gasteiger partial charge in [-0.25, -0.2) is 0 Å². The maximum absolute atomic E-state index is 11.3. The van der Waals surface area contributed by atoms with Gasteiger partial charge in [0.25, 0.3) is 5.91 Å². The maximum Gasteiger partial charge on any atom is 0.250 e. The normalized spacial score (nSPS) is 18.9. The summed E-state index contributed by atoms with van der Waals surface area (Å²) in [7, 11) is 0. The van der Waals surface area contributed by atoms with Crippen LogP contribution in [0.5, 0.6) is 0 Å². The summed E-state index contributed by atoms with van der Waals surface area (Å²) in [4.78, 5) is 11.3. The smallest absolute Gasteiger partial charge is 0.250 e. The number of nitrogen functional groups attached to an aromatic ring is 1. The summed E-state index contributed by atoms with van der Waals surface area (Å²) in [6, 6.07) is 5.96. The topological polar surface area (TPSA) is 81.1 Å². The van der Waals surface area contributed by atoms with Crippen molar-refractivity contribution >= 4 is 17.3 Å². The van der Waals surface area contributed by atoms with Gasteiger partial charge in [-0.1, -0.05) is 6.07 Å². The molecule has 0 atom stereocenters. The van der Waals surface area contributed by atoms with Crippen LogP contribution < -0.4 is 16.8 Å². The van der Waals surface area contributed by atoms with Crippen LogP contribution in [0, 0.1) is 11.8 Å². The molecule has 0 aliphatic heterocycles. The fraction of sp³-hybridized carbons (Fsp3) is 0.500. The molecule has 2 saturated carbocycles. The molecule has 2 aliphatic carbocycles. The second kappa shape index (κ2) is 4.19. The summed E-state index contributed by atoms with van der Waals surface area (Å²) in [6.45, 7) is 0. The van der Waals surface area contributed by atoms with E-state index >= 15 is 0 Å². The molecule has 0 aromatic heterocycles. The molecule has 18 heavy (non-hydrogen) atoms. The Morgan fingerprint density at radius 1 is 1.22 bits per heavy atom. The van der Waals surface area contributed by atoms with Crippen LogP contribution in [0.3, 0.4) is 0 Å². The summed E-state index contributed by atoms with van der Waals surface area (Å²) < 4.78 is 0. The minimum absolute atomic E-state index is 0.408. The molecule has 1 aromatic rings. The highest BCUT2D eigenvalue weighted by Gasteiger charge is 2.41. The third-order valence-corrected chi connectivity index (χ3v) is 3.95. The van der Waals surface area contributed by atoms with Crippen LogP contribution in [0.25, 0.3) is 0 Å². The highest BCUT2D eigenvalue weighted by molar-refractivity contribution is 6.00. The Bertz CT molecular complexity index is 466. The first-order valence-corrected chi connectivity index (χ1v) is 6.61. The lowest BCUT2D eigenvalue weighted by atomic mass is 10.1. The van der Waals surface area contributed by atoms with Gasteiger partial charge in [-0.3, -0.25) is 4.79 Å². The van der Waals surface area contributed by atoms with Crippen LogP contribution in [-0.4, -0.2) is 11.9 Å². The van der Waals surface area contributed by atoms with Crippen LogP contribution in [0.2, 0.25) is 0 Å². The number of hydrogen-bond acceptors (Lipinski definition) is 3. The van der Waals surface area contributed by atoms with Crippen molar-refractivity contribution in [2.24, 2.45) is 17.6 Å². The minimum atomic E-state index is -0.467. The van der Waals surface area contributed by atoms with Crippen molar-refractivity contribution in [3.05, 3.63) is 23.8 Å². The van der Waals surface area contributed by atoms with Crippen molar-refractivity contribution in [1.82, 2.24) is 0 Å². The summed E-state index contributed by atoms with van der Waals surface area (Å²) >= 11 is 0. The van der Waals surface area contributed by atoms with Crippen molar-refractivity contribution in [3.8, 4) is 0 Å². The van der Waals surface area contributed by atoms with E-state index in [4.69, 9.17) is 11.5 Å². The van der Waals surface area contributed by atoms with Gasteiger partial charge >= 0.3 is 0 Å². The first-order valence-electron chi connectivity index (χ1n) is 6.61. The molecule has 0 radical (unpaired) electrons. The van der Waals surface area contributed by atoms with Crippen LogP contribution in [0.4, 0.5) is 11.4 Å². The first kappa shape index (κ1) is 11.4. The molecule has 5 N–H and O–H groups in total. The Morgan fingerprint density at radius 2 is 1.83 bits per heavy atom. The zero-order valence-corrected chi connectivity index (χ0v) is 10.4. The van der Waals surface area contributed by atoms with Gasteiger partial charge in [0.15, 0.2) is 0 Å². The molecule has 96 valence electrons. The van der Waals surface area contributed by atoms with E-state index < -0.39 is 5.91 Å². The Balaban J connectivity index is 1.82. The Hall–Kier alpha value is -1.71. The largest absolute Gasteiger partial charge is 0.396 e. The average Bonchev–Trinajstić information content (AvgIpc) is 3.20. The zero-order chi connectivity index (χ0) is 12.7. The van der Waals surface area contributed by atoms with Gasteiger partial charge in [-0.05, 0) is 49.7 Å². The fourth-order valence-electron chi connectivity index (χ4n) is 2.62. The van der Waals surface area contributed by atoms with E-state index in [1.807, 2.05) is 12.1 Å². The van der Waals surface area contributed by atoms with Crippen molar-refractivity contribution in [1.29, 1.82) is 0 Å². The average molecular weight is 245 g/mol. The number of amides is 1. The monoisotopic (exact) mass is 245 g/mol. The Morgan fingerprint density at radius 3 is 2.33 bits per heavy atom. The van der Waals surface area contributed by atoms with Crippen LogP contribution >= 0.6 is 0 Å². The Kier molecular flexibility index (Phi) is 2.65. The lowest BCUT2D eigenvalue weighted by Crippen LogP contribution is -2.25. The van der Waals surface area contributed by atoms with E-state index in [1.54, 1.807) is 6.07 Å². The van der Waals surface area contributed by atoms with E-state index in [9.17, 15) is 4.79 Å². The zero-order valence-electron chi connectivity index (χ0n) is 10.4. The number of carbonyl (C=O) groups is 1. The fourth-order valence-corrected chi connectivity index (χ4v) is 2.62. The molecule has 0 heterocycles. The van der Waals surface area contributed by atoms with E-state index in [1.165, 1.54) is 25.7 Å². The van der Waals surface area contributed by atoms with Crippen LogP contribution in [0.15, 0.2) is 18.2 Å². The summed E-state index contributed by atoms with van der Waals surface area (Å²) in [5, 5.41) is 3.53. The number of primary amides is 1. The summed E-state index contributed by atoms with van der Waals surface area (Å²) in [5.41, 5.74) is 13.1. The quantitative estimate of drug-likeness (QED) is 0.694. The van der Waals surface area contributed by atoms with Crippen molar-refractivity contribution in [2.75, 3.05) is 11.1 Å². The van der Waals surface area contributed by atoms with E-state index in [2.05, 4.69) is 5.32 Å². The minimum Gasteiger partial charge on any atom is -0.396 e. The lowest BCUT2D eigenvalue weighted by Gasteiger charge is -2.21. The molecule has 0 unspecified atom stereocenters. The van der Waals surface area contributed by atoms with Crippen LogP contribution in [-0.2, 0) is 0 Å². The third kappa shape index (κ3) is 2.15. The molecular formula is C14H19N3O. The number of anilines is 2. The van der Waals surface area contributed by atoms with Crippen molar-refractivity contribution in [2.45, 2.75) is 31.7 Å². The molecule has 0 saturated heterocycles. The molecule has 2 aliphatic rings. The summed E-state index contributed by atoms with van der Waals surface area (Å²) in [5.74, 6) is 1.11. The second-order valence-electron chi connectivity index (χ2n) is 5.48. The van der Waals surface area contributed by atoms with Crippen molar-refractivity contribution < 1.29 is 4.79 Å². The third-order valence-electron chi connectivity index (χ3n) is 3.95. The highest BCUT2D eigenvalue weighted by atomic mass is 16.1. The molecule has 2 fully saturated rings. The van der Waals surface area contributed by atoms with Gasteiger partial charge in [-0.2, -0.15) is 0 Å². The van der Waals surface area contributed by atoms with Crippen LogP contribution in [0.1, 0.15) is 36.0 Å². The second-order valence-corrected chi connectivity index (χ2v) is 5.48. The first-order chi connectivity index (χ1) is 8.66. The van der Waals surface area contributed by atoms with Crippen molar-refractivity contribution in [3.63, 3.8) is 0 Å². The maximum atomic E-state index is 11.3. The summed E-state index contributed by atoms with van der Waals surface area (Å²) in [6.07, 6.45) is 5.24. The van der Waals surface area contributed by atoms with E-state index in [0.29, 0.717) is 17.3 Å². The number of nitrogens with one attached hydrogen (secondary N) is 1. The molecular weight excluding hydrogens is 226 g/mol. The number of benzene rings is 1. The number of rotatable bonds is 5. The molecule has 3 rings (SSSR count). The molecule has 1 aromatic carbocycles. The number of para-hydroxylation sites is 1. The molecule has 4 nitrogen and oxygen atoms in total. The lowest BCUT2D eigenvalue weighted by molar-refractivity contribution is 0.100. The van der Waals surface area contributed by atoms with E-state index in [-0.39, 0.29) is 0 Å². The number of carbonyl (C=O) groups excluding carboxylic acids is 1. The molecule has 4 heteroatoms. The van der Waals surface area contributed by atoms with Gasteiger partial charge in [0.2, 0.25) is 0 Å². The highest BCUT2D eigenvalue weighted by Crippen LogP contribution is 2.46. The van der Waals surface area contributed by atoms with E-state index in [0.717, 1.165) is 17.5 Å². The van der Waals surface area contributed by atoms with Gasteiger partial charge in [0, 0.05) is 6.04 Å². The standard InChI is InChI=1S/C14H19N3O/c15-12-10(14(16)18)2-1-3-11(12)17-13(8-4-5-8)9-6-7-9/h1-3,8-9,13,17H,4-7,15H2,(H2,16,18). The Labute approximate surface area is 107 Å². The number of nitrogens with two attached hydrogens (primary N) is 2. The molecule has 0 spiro atoms. The SMILES string of the molecule is NC(=O)c1cccc(NC(C2CC2)C2CC2)c1N. The van der Waals surface area contributed by atoms with Gasteiger partial charge in [0.1, 0.15) is 0 Å². The number of hydrogen-bond donors (Lipinski definition) is 3. The molecule has 0 bridgehead atoms. The molecule has 1 amide bonds. The predicted octanol–water partition coefficient (Wildman–Crippen LogP) is 1.97.